The highest BCUT2D eigenvalue weighted by molar-refractivity contribution is 4.99. The predicted molar refractivity (Wildman–Crippen MR) is 35.9 cm³/mol. The van der Waals surface area contributed by atoms with E-state index in [0.29, 0.717) is 0 Å². The molecule has 52 valence electrons. The van der Waals surface area contributed by atoms with Crippen molar-refractivity contribution in [3.63, 3.8) is 0 Å². The van der Waals surface area contributed by atoms with Crippen molar-refractivity contribution in [2.45, 2.75) is 26.4 Å². The molecule has 0 aliphatic carbocycles. The highest BCUT2D eigenvalue weighted by Crippen LogP contribution is 2.18. The minimum absolute atomic E-state index is 0.243. The van der Waals surface area contributed by atoms with Crippen molar-refractivity contribution in [2.24, 2.45) is 5.92 Å². The van der Waals surface area contributed by atoms with E-state index in [1.165, 1.54) is 0 Å². The van der Waals surface area contributed by atoms with E-state index in [4.69, 9.17) is 10.00 Å². The van der Waals surface area contributed by atoms with Gasteiger partial charge in [-0.2, -0.15) is 5.26 Å². The molecule has 0 saturated heterocycles. The van der Waals surface area contributed by atoms with Gasteiger partial charge in [-0.05, 0) is 12.8 Å². The third kappa shape index (κ3) is 1.69. The third-order valence-electron chi connectivity index (χ3n) is 1.75. The molecule has 2 heteroatoms. The van der Waals surface area contributed by atoms with Crippen LogP contribution in [0, 0.1) is 17.2 Å². The molecule has 0 radical (unpaired) electrons. The minimum atomic E-state index is -0.611. The summed E-state index contributed by atoms with van der Waals surface area (Å²) in [6.45, 7) is 5.72. The van der Waals surface area contributed by atoms with Crippen LogP contribution in [0.15, 0.2) is 0 Å². The molecule has 0 aromatic rings. The summed E-state index contributed by atoms with van der Waals surface area (Å²) in [7, 11) is 1.56. The van der Waals surface area contributed by atoms with E-state index in [0.717, 1.165) is 0 Å². The van der Waals surface area contributed by atoms with Gasteiger partial charge in [0, 0.05) is 7.11 Å². The summed E-state index contributed by atoms with van der Waals surface area (Å²) in [4.78, 5) is 0. The average Bonchev–Trinajstić information content (AvgIpc) is 1.86. The Morgan fingerprint density at radius 2 is 2.00 bits per heavy atom. The maximum absolute atomic E-state index is 8.58. The van der Waals surface area contributed by atoms with Gasteiger partial charge in [0.05, 0.1) is 6.07 Å². The zero-order chi connectivity index (χ0) is 7.49. The third-order valence-corrected chi connectivity index (χ3v) is 1.75. The first-order chi connectivity index (χ1) is 4.06. The summed E-state index contributed by atoms with van der Waals surface area (Å²) in [6, 6.07) is 2.11. The van der Waals surface area contributed by atoms with Gasteiger partial charge in [-0.3, -0.25) is 0 Å². The Kier molecular flexibility index (Phi) is 2.66. The van der Waals surface area contributed by atoms with Gasteiger partial charge < -0.3 is 4.74 Å². The van der Waals surface area contributed by atoms with Crippen LogP contribution < -0.4 is 0 Å². The van der Waals surface area contributed by atoms with Gasteiger partial charge in [0.2, 0.25) is 0 Å². The fourth-order valence-electron chi connectivity index (χ4n) is 0.410. The van der Waals surface area contributed by atoms with Crippen molar-refractivity contribution in [3.05, 3.63) is 0 Å². The SMILES string of the molecule is COC(C)(C#N)C(C)C. The van der Waals surface area contributed by atoms with Crippen molar-refractivity contribution in [3.8, 4) is 6.07 Å². The molecule has 0 aromatic carbocycles. The lowest BCUT2D eigenvalue weighted by atomic mass is 9.94. The number of hydrogen-bond donors (Lipinski definition) is 0. The summed E-state index contributed by atoms with van der Waals surface area (Å²) in [5.74, 6) is 0.243. The van der Waals surface area contributed by atoms with E-state index in [1.807, 2.05) is 13.8 Å². The van der Waals surface area contributed by atoms with Gasteiger partial charge in [-0.25, -0.2) is 0 Å². The standard InChI is InChI=1S/C7H13NO/c1-6(2)7(3,5-8)9-4/h6H,1-4H3. The summed E-state index contributed by atoms with van der Waals surface area (Å²) < 4.78 is 4.99. The molecule has 0 heterocycles. The second-order valence-corrected chi connectivity index (χ2v) is 2.58. The normalized spacial score (nSPS) is 16.9. The highest BCUT2D eigenvalue weighted by atomic mass is 16.5. The Hall–Kier alpha value is -0.550. The summed E-state index contributed by atoms with van der Waals surface area (Å²) in [5, 5.41) is 8.58. The van der Waals surface area contributed by atoms with E-state index in [1.54, 1.807) is 14.0 Å². The zero-order valence-electron chi connectivity index (χ0n) is 6.43. The number of rotatable bonds is 2. The topological polar surface area (TPSA) is 33.0 Å². The van der Waals surface area contributed by atoms with E-state index in [9.17, 15) is 0 Å². The highest BCUT2D eigenvalue weighted by Gasteiger charge is 2.26. The molecule has 1 unspecified atom stereocenters. The van der Waals surface area contributed by atoms with Crippen molar-refractivity contribution in [1.29, 1.82) is 5.26 Å². The smallest absolute Gasteiger partial charge is 0.153 e. The molecule has 0 N–H and O–H groups in total. The molecule has 0 rings (SSSR count). The van der Waals surface area contributed by atoms with Crippen LogP contribution in [0.1, 0.15) is 20.8 Å². The van der Waals surface area contributed by atoms with Crippen LogP contribution in [-0.2, 0) is 4.74 Å². The summed E-state index contributed by atoms with van der Waals surface area (Å²) in [6.07, 6.45) is 0. The van der Waals surface area contributed by atoms with Crippen LogP contribution in [0.5, 0.6) is 0 Å². The van der Waals surface area contributed by atoms with Gasteiger partial charge in [0.25, 0.3) is 0 Å². The Morgan fingerprint density at radius 1 is 1.56 bits per heavy atom. The van der Waals surface area contributed by atoms with E-state index >= 15 is 0 Å². The average molecular weight is 127 g/mol. The molecule has 0 aliphatic rings. The summed E-state index contributed by atoms with van der Waals surface area (Å²) in [5.41, 5.74) is -0.611. The quantitative estimate of drug-likeness (QED) is 0.564. The van der Waals surface area contributed by atoms with Gasteiger partial charge in [-0.15, -0.1) is 0 Å². The molecule has 9 heavy (non-hydrogen) atoms. The fraction of sp³-hybridized carbons (Fsp3) is 0.857. The van der Waals surface area contributed by atoms with Crippen LogP contribution in [-0.4, -0.2) is 12.7 Å². The van der Waals surface area contributed by atoms with E-state index < -0.39 is 5.60 Å². The predicted octanol–water partition coefficient (Wildman–Crippen LogP) is 1.57. The first-order valence-corrected chi connectivity index (χ1v) is 3.03. The molecule has 0 amide bonds. The molecule has 0 aliphatic heterocycles. The molecule has 1 atom stereocenters. The number of nitrogens with zero attached hydrogens (tertiary/aromatic N) is 1. The first kappa shape index (κ1) is 8.45. The van der Waals surface area contributed by atoms with Gasteiger partial charge in [-0.1, -0.05) is 13.8 Å². The number of methoxy groups -OCH3 is 1. The number of hydrogen-bond acceptors (Lipinski definition) is 2. The van der Waals surface area contributed by atoms with Gasteiger partial charge in [0.1, 0.15) is 0 Å². The second-order valence-electron chi connectivity index (χ2n) is 2.58. The monoisotopic (exact) mass is 127 g/mol. The molecule has 0 aromatic heterocycles. The van der Waals surface area contributed by atoms with Gasteiger partial charge in [0.15, 0.2) is 5.60 Å². The molecular weight excluding hydrogens is 114 g/mol. The Balaban J connectivity index is 4.14. The molecule has 0 spiro atoms. The van der Waals surface area contributed by atoms with E-state index in [-0.39, 0.29) is 5.92 Å². The zero-order valence-corrected chi connectivity index (χ0v) is 6.43. The van der Waals surface area contributed by atoms with Crippen LogP contribution in [0.4, 0.5) is 0 Å². The lowest BCUT2D eigenvalue weighted by molar-refractivity contribution is 0.0169. The van der Waals surface area contributed by atoms with Crippen LogP contribution in [0.2, 0.25) is 0 Å². The lowest BCUT2D eigenvalue weighted by Crippen LogP contribution is -2.31. The fourth-order valence-corrected chi connectivity index (χ4v) is 0.410. The molecular formula is C7H13NO. The maximum atomic E-state index is 8.58. The van der Waals surface area contributed by atoms with Crippen molar-refractivity contribution in [2.75, 3.05) is 7.11 Å². The number of ether oxygens (including phenoxy) is 1. The Labute approximate surface area is 56.4 Å². The van der Waals surface area contributed by atoms with Crippen molar-refractivity contribution < 1.29 is 4.74 Å². The van der Waals surface area contributed by atoms with Crippen LogP contribution >= 0.6 is 0 Å². The van der Waals surface area contributed by atoms with Crippen molar-refractivity contribution in [1.82, 2.24) is 0 Å². The summed E-state index contributed by atoms with van der Waals surface area (Å²) >= 11 is 0. The largest absolute Gasteiger partial charge is 0.363 e. The van der Waals surface area contributed by atoms with Crippen LogP contribution in [0.3, 0.4) is 0 Å². The lowest BCUT2D eigenvalue weighted by Gasteiger charge is -2.23. The Bertz CT molecular complexity index is 125. The first-order valence-electron chi connectivity index (χ1n) is 3.03. The van der Waals surface area contributed by atoms with Crippen molar-refractivity contribution >= 4 is 0 Å². The van der Waals surface area contributed by atoms with Gasteiger partial charge >= 0.3 is 0 Å². The van der Waals surface area contributed by atoms with E-state index in [2.05, 4.69) is 6.07 Å². The molecule has 0 saturated carbocycles. The molecule has 0 bridgehead atoms. The Morgan fingerprint density at radius 3 is 2.00 bits per heavy atom. The molecule has 0 fully saturated rings. The minimum Gasteiger partial charge on any atom is -0.363 e. The number of nitriles is 1. The van der Waals surface area contributed by atoms with Crippen LogP contribution in [0.25, 0.3) is 0 Å². The maximum Gasteiger partial charge on any atom is 0.153 e. The molecule has 2 nitrogen and oxygen atoms in total. The second kappa shape index (κ2) is 2.84.